The molecule has 2 aliphatic rings. The predicted octanol–water partition coefficient (Wildman–Crippen LogP) is 2.98. The number of furan rings is 1. The van der Waals surface area contributed by atoms with E-state index >= 15 is 0 Å². The monoisotopic (exact) mass is 262 g/mol. The van der Waals surface area contributed by atoms with Crippen LogP contribution in [0.3, 0.4) is 0 Å². The summed E-state index contributed by atoms with van der Waals surface area (Å²) in [5, 5.41) is 3.91. The topological polar surface area (TPSA) is 28.4 Å². The van der Waals surface area contributed by atoms with Crippen molar-refractivity contribution >= 4 is 0 Å². The summed E-state index contributed by atoms with van der Waals surface area (Å²) >= 11 is 0. The van der Waals surface area contributed by atoms with Crippen LogP contribution in [0.4, 0.5) is 0 Å². The van der Waals surface area contributed by atoms with Gasteiger partial charge in [0.05, 0.1) is 6.26 Å². The molecule has 1 saturated heterocycles. The van der Waals surface area contributed by atoms with Crippen molar-refractivity contribution in [1.29, 1.82) is 0 Å². The van der Waals surface area contributed by atoms with Gasteiger partial charge < -0.3 is 14.6 Å². The number of likely N-dealkylation sites (tertiary alicyclic amines) is 1. The van der Waals surface area contributed by atoms with Gasteiger partial charge in [-0.3, -0.25) is 0 Å². The van der Waals surface area contributed by atoms with E-state index in [-0.39, 0.29) is 0 Å². The number of nitrogens with one attached hydrogen (secondary N) is 1. The van der Waals surface area contributed by atoms with Gasteiger partial charge in [-0.2, -0.15) is 0 Å². The summed E-state index contributed by atoms with van der Waals surface area (Å²) in [6, 6.07) is 3.98. The highest BCUT2D eigenvalue weighted by Crippen LogP contribution is 2.32. The van der Waals surface area contributed by atoms with Crippen molar-refractivity contribution in [2.45, 2.75) is 57.7 Å². The third kappa shape index (κ3) is 2.59. The van der Waals surface area contributed by atoms with Gasteiger partial charge in [0.15, 0.2) is 0 Å². The fourth-order valence-corrected chi connectivity index (χ4v) is 3.69. The second-order valence-electron chi connectivity index (χ2n) is 6.52. The van der Waals surface area contributed by atoms with E-state index in [1.807, 2.05) is 6.26 Å². The van der Waals surface area contributed by atoms with Gasteiger partial charge in [-0.1, -0.05) is 6.92 Å². The van der Waals surface area contributed by atoms with Gasteiger partial charge >= 0.3 is 0 Å². The molecule has 4 unspecified atom stereocenters. The smallest absolute Gasteiger partial charge is 0.108 e. The van der Waals surface area contributed by atoms with E-state index in [4.69, 9.17) is 4.42 Å². The highest BCUT2D eigenvalue weighted by atomic mass is 16.3. The summed E-state index contributed by atoms with van der Waals surface area (Å²) in [4.78, 5) is 2.48. The Morgan fingerprint density at radius 3 is 3.05 bits per heavy atom. The molecule has 106 valence electrons. The molecule has 1 aliphatic carbocycles. The quantitative estimate of drug-likeness (QED) is 0.888. The lowest BCUT2D eigenvalue weighted by atomic mass is 9.86. The van der Waals surface area contributed by atoms with Crippen molar-refractivity contribution in [3.63, 3.8) is 0 Å². The summed E-state index contributed by atoms with van der Waals surface area (Å²) < 4.78 is 5.59. The fraction of sp³-hybridized carbons (Fsp3) is 0.750. The maximum atomic E-state index is 5.59. The van der Waals surface area contributed by atoms with E-state index in [1.165, 1.54) is 37.1 Å². The Bertz CT molecular complexity index is 428. The molecule has 1 N–H and O–H groups in total. The second-order valence-corrected chi connectivity index (χ2v) is 6.52. The van der Waals surface area contributed by atoms with Gasteiger partial charge in [-0.05, 0) is 45.2 Å². The zero-order valence-electron chi connectivity index (χ0n) is 12.4. The molecule has 3 heteroatoms. The lowest BCUT2D eigenvalue weighted by Crippen LogP contribution is -2.51. The van der Waals surface area contributed by atoms with Crippen LogP contribution in [0.1, 0.15) is 50.5 Å². The minimum Gasteiger partial charge on any atom is -0.469 e. The molecule has 1 aromatic rings. The predicted molar refractivity (Wildman–Crippen MR) is 77.2 cm³/mol. The van der Waals surface area contributed by atoms with Crippen LogP contribution in [-0.2, 0) is 6.42 Å². The second kappa shape index (κ2) is 5.29. The van der Waals surface area contributed by atoms with Crippen molar-refractivity contribution in [2.24, 2.45) is 5.92 Å². The van der Waals surface area contributed by atoms with Gasteiger partial charge in [0.25, 0.3) is 0 Å². The minimum absolute atomic E-state index is 0.505. The van der Waals surface area contributed by atoms with Crippen molar-refractivity contribution in [1.82, 2.24) is 10.2 Å². The van der Waals surface area contributed by atoms with E-state index < -0.39 is 0 Å². The van der Waals surface area contributed by atoms with E-state index in [0.717, 1.165) is 12.3 Å². The molecule has 1 aromatic heterocycles. The first kappa shape index (κ1) is 13.2. The first-order valence-corrected chi connectivity index (χ1v) is 7.67. The zero-order chi connectivity index (χ0) is 13.4. The molecular weight excluding hydrogens is 236 g/mol. The minimum atomic E-state index is 0.505. The van der Waals surface area contributed by atoms with Gasteiger partial charge in [0, 0.05) is 36.7 Å². The number of piperidine rings is 1. The number of hydrogen-bond donors (Lipinski definition) is 1. The average Bonchev–Trinajstić information content (AvgIpc) is 2.85. The first-order chi connectivity index (χ1) is 9.15. The molecule has 4 atom stereocenters. The molecular formula is C16H26N2O. The number of aryl methyl sites for hydroxylation is 1. The van der Waals surface area contributed by atoms with Crippen LogP contribution in [0.2, 0.25) is 0 Å². The van der Waals surface area contributed by atoms with Gasteiger partial charge in [0.1, 0.15) is 5.76 Å². The van der Waals surface area contributed by atoms with Crippen LogP contribution in [0, 0.1) is 5.92 Å². The highest BCUT2D eigenvalue weighted by molar-refractivity contribution is 5.24. The molecule has 0 radical (unpaired) electrons. The highest BCUT2D eigenvalue weighted by Gasteiger charge is 2.32. The Hall–Kier alpha value is -0.800. The summed E-state index contributed by atoms with van der Waals surface area (Å²) in [7, 11) is 2.24. The standard InChI is InChI=1S/C16H26N2O/c1-11-10-18(3)12(2)9-15(11)17-14-5-4-6-16-13(14)7-8-19-16/h7-8,11-12,14-15,17H,4-6,9-10H2,1-3H3. The molecule has 3 nitrogen and oxygen atoms in total. The van der Waals surface area contributed by atoms with E-state index in [2.05, 4.69) is 37.2 Å². The molecule has 2 heterocycles. The Morgan fingerprint density at radius 2 is 2.21 bits per heavy atom. The van der Waals surface area contributed by atoms with Crippen LogP contribution in [0.5, 0.6) is 0 Å². The normalized spacial score (nSPS) is 36.2. The number of nitrogens with zero attached hydrogens (tertiary/aromatic N) is 1. The molecule has 0 spiro atoms. The van der Waals surface area contributed by atoms with Gasteiger partial charge in [-0.25, -0.2) is 0 Å². The Morgan fingerprint density at radius 1 is 1.37 bits per heavy atom. The molecule has 19 heavy (non-hydrogen) atoms. The van der Waals surface area contributed by atoms with Crippen LogP contribution < -0.4 is 5.32 Å². The molecule has 3 rings (SSSR count). The van der Waals surface area contributed by atoms with Crippen molar-refractivity contribution < 1.29 is 4.42 Å². The van der Waals surface area contributed by atoms with E-state index in [0.29, 0.717) is 18.1 Å². The number of fused-ring (bicyclic) bond motifs is 1. The van der Waals surface area contributed by atoms with Crippen molar-refractivity contribution in [3.05, 3.63) is 23.7 Å². The van der Waals surface area contributed by atoms with Crippen LogP contribution >= 0.6 is 0 Å². The summed E-state index contributed by atoms with van der Waals surface area (Å²) in [6.07, 6.45) is 6.71. The molecule has 0 aromatic carbocycles. The Kier molecular flexibility index (Phi) is 3.68. The number of rotatable bonds is 2. The third-order valence-electron chi connectivity index (χ3n) is 5.08. The lowest BCUT2D eigenvalue weighted by molar-refractivity contribution is 0.113. The summed E-state index contributed by atoms with van der Waals surface area (Å²) in [6.45, 7) is 5.91. The first-order valence-electron chi connectivity index (χ1n) is 7.67. The molecule has 0 bridgehead atoms. The van der Waals surface area contributed by atoms with Gasteiger partial charge in [0.2, 0.25) is 0 Å². The van der Waals surface area contributed by atoms with Crippen LogP contribution in [0.15, 0.2) is 16.7 Å². The van der Waals surface area contributed by atoms with E-state index in [1.54, 1.807) is 0 Å². The van der Waals surface area contributed by atoms with Crippen LogP contribution in [0.25, 0.3) is 0 Å². The fourth-order valence-electron chi connectivity index (χ4n) is 3.69. The zero-order valence-corrected chi connectivity index (χ0v) is 12.4. The summed E-state index contributed by atoms with van der Waals surface area (Å²) in [5.41, 5.74) is 1.41. The third-order valence-corrected chi connectivity index (χ3v) is 5.08. The molecule has 0 amide bonds. The van der Waals surface area contributed by atoms with Crippen molar-refractivity contribution in [3.8, 4) is 0 Å². The maximum Gasteiger partial charge on any atom is 0.108 e. The molecule has 1 aliphatic heterocycles. The molecule has 0 saturated carbocycles. The van der Waals surface area contributed by atoms with Crippen molar-refractivity contribution in [2.75, 3.05) is 13.6 Å². The lowest BCUT2D eigenvalue weighted by Gasteiger charge is -2.42. The van der Waals surface area contributed by atoms with Gasteiger partial charge in [-0.15, -0.1) is 0 Å². The SMILES string of the molecule is CC1CN(C)C(C)CC1NC1CCCc2occc21. The number of hydrogen-bond acceptors (Lipinski definition) is 3. The molecule has 1 fully saturated rings. The summed E-state index contributed by atoms with van der Waals surface area (Å²) in [5.74, 6) is 1.93. The van der Waals surface area contributed by atoms with E-state index in [9.17, 15) is 0 Å². The Labute approximate surface area is 116 Å². The maximum absolute atomic E-state index is 5.59. The Balaban J connectivity index is 1.69. The van der Waals surface area contributed by atoms with Crippen LogP contribution in [-0.4, -0.2) is 30.6 Å². The largest absolute Gasteiger partial charge is 0.469 e. The average molecular weight is 262 g/mol.